The van der Waals surface area contributed by atoms with E-state index < -0.39 is 0 Å². The molecule has 3 heteroatoms. The molecule has 2 aromatic rings. The van der Waals surface area contributed by atoms with Crippen LogP contribution in [0, 0.1) is 6.92 Å². The molecule has 0 radical (unpaired) electrons. The van der Waals surface area contributed by atoms with Gasteiger partial charge in [-0.05, 0) is 44.0 Å². The number of benzene rings is 2. The van der Waals surface area contributed by atoms with Gasteiger partial charge in [0.05, 0.1) is 0 Å². The summed E-state index contributed by atoms with van der Waals surface area (Å²) in [6.07, 6.45) is 0.965. The smallest absolute Gasteiger partial charge is 0.128 e. The predicted octanol–water partition coefficient (Wildman–Crippen LogP) is 4.97. The minimum atomic E-state index is -0.107. The fourth-order valence-electron chi connectivity index (χ4n) is 2.81. The maximum atomic E-state index is 6.16. The second-order valence-electron chi connectivity index (χ2n) is 6.21. The average Bonchev–Trinajstić information content (AvgIpc) is 2.75. The number of ether oxygens (including phenoxy) is 1. The largest absolute Gasteiger partial charge is 0.487 e. The van der Waals surface area contributed by atoms with Crippen LogP contribution < -0.4 is 10.1 Å². The highest BCUT2D eigenvalue weighted by Crippen LogP contribution is 2.38. The lowest BCUT2D eigenvalue weighted by atomic mass is 10.0. The van der Waals surface area contributed by atoms with E-state index in [1.54, 1.807) is 0 Å². The zero-order valence-electron chi connectivity index (χ0n) is 12.7. The molecule has 21 heavy (non-hydrogen) atoms. The monoisotopic (exact) mass is 301 g/mol. The number of fused-ring (bicyclic) bond motifs is 1. The van der Waals surface area contributed by atoms with E-state index in [0.29, 0.717) is 0 Å². The summed E-state index contributed by atoms with van der Waals surface area (Å²) < 4.78 is 6.10. The molecule has 0 saturated carbocycles. The van der Waals surface area contributed by atoms with Crippen molar-refractivity contribution in [3.05, 3.63) is 58.1 Å². The van der Waals surface area contributed by atoms with Crippen molar-refractivity contribution < 1.29 is 4.74 Å². The molecule has 0 atom stereocenters. The lowest BCUT2D eigenvalue weighted by molar-refractivity contribution is 0.137. The van der Waals surface area contributed by atoms with Gasteiger partial charge in [0.15, 0.2) is 0 Å². The van der Waals surface area contributed by atoms with Crippen molar-refractivity contribution in [1.29, 1.82) is 0 Å². The highest BCUT2D eigenvalue weighted by molar-refractivity contribution is 6.31. The van der Waals surface area contributed by atoms with E-state index in [4.69, 9.17) is 16.3 Å². The number of para-hydroxylation sites is 1. The molecule has 1 heterocycles. The molecule has 0 spiro atoms. The first kappa shape index (κ1) is 14.3. The van der Waals surface area contributed by atoms with Gasteiger partial charge in [-0.25, -0.2) is 0 Å². The fourth-order valence-corrected chi connectivity index (χ4v) is 2.98. The lowest BCUT2D eigenvalue weighted by Gasteiger charge is -2.18. The summed E-state index contributed by atoms with van der Waals surface area (Å²) in [5.41, 5.74) is 4.52. The molecule has 1 aliphatic heterocycles. The molecule has 110 valence electrons. The second-order valence-corrected chi connectivity index (χ2v) is 6.62. The van der Waals surface area contributed by atoms with Gasteiger partial charge < -0.3 is 10.1 Å². The van der Waals surface area contributed by atoms with Crippen LogP contribution in [0.1, 0.15) is 30.5 Å². The van der Waals surface area contributed by atoms with Gasteiger partial charge in [-0.15, -0.1) is 0 Å². The van der Waals surface area contributed by atoms with Gasteiger partial charge in [-0.3, -0.25) is 0 Å². The molecule has 3 rings (SSSR count). The molecule has 2 aromatic carbocycles. The van der Waals surface area contributed by atoms with Crippen molar-refractivity contribution in [1.82, 2.24) is 0 Å². The Labute approximate surface area is 131 Å². The first-order chi connectivity index (χ1) is 9.96. The van der Waals surface area contributed by atoms with Gasteiger partial charge in [-0.1, -0.05) is 35.9 Å². The highest BCUT2D eigenvalue weighted by Gasteiger charge is 2.31. The number of rotatable bonds is 3. The first-order valence-electron chi connectivity index (χ1n) is 7.25. The van der Waals surface area contributed by atoms with Crippen LogP contribution in [-0.4, -0.2) is 5.60 Å². The normalized spacial score (nSPS) is 15.4. The third kappa shape index (κ3) is 2.86. The van der Waals surface area contributed by atoms with Crippen molar-refractivity contribution in [3.63, 3.8) is 0 Å². The molecule has 0 fully saturated rings. The molecule has 0 aromatic heterocycles. The molecule has 1 aliphatic rings. The van der Waals surface area contributed by atoms with E-state index in [1.165, 1.54) is 11.1 Å². The van der Waals surface area contributed by atoms with Gasteiger partial charge >= 0.3 is 0 Å². The minimum absolute atomic E-state index is 0.107. The van der Waals surface area contributed by atoms with E-state index in [1.807, 2.05) is 19.1 Å². The van der Waals surface area contributed by atoms with E-state index in [2.05, 4.69) is 43.4 Å². The van der Waals surface area contributed by atoms with Gasteiger partial charge in [0, 0.05) is 29.2 Å². The predicted molar refractivity (Wildman–Crippen MR) is 88.4 cm³/mol. The maximum Gasteiger partial charge on any atom is 0.128 e. The Bertz CT molecular complexity index is 679. The topological polar surface area (TPSA) is 21.3 Å². The minimum Gasteiger partial charge on any atom is -0.487 e. The van der Waals surface area contributed by atoms with Crippen molar-refractivity contribution in [2.75, 3.05) is 5.32 Å². The third-order valence-corrected chi connectivity index (χ3v) is 4.32. The van der Waals surface area contributed by atoms with E-state index in [9.17, 15) is 0 Å². The number of hydrogen-bond donors (Lipinski definition) is 1. The Balaban J connectivity index is 1.82. The van der Waals surface area contributed by atoms with E-state index in [0.717, 1.165) is 35.0 Å². The van der Waals surface area contributed by atoms with Crippen molar-refractivity contribution in [2.45, 2.75) is 39.3 Å². The molecule has 1 N–H and O–H groups in total. The summed E-state index contributed by atoms with van der Waals surface area (Å²) >= 11 is 6.16. The SMILES string of the molecule is Cc1c(Cl)cccc1NCc1cccc2c1OC(C)(C)C2. The van der Waals surface area contributed by atoms with Crippen molar-refractivity contribution in [3.8, 4) is 5.75 Å². The fraction of sp³-hybridized carbons (Fsp3) is 0.333. The Morgan fingerprint density at radius 2 is 1.95 bits per heavy atom. The Kier molecular flexibility index (Phi) is 3.58. The van der Waals surface area contributed by atoms with E-state index in [-0.39, 0.29) is 5.60 Å². The van der Waals surface area contributed by atoms with Crippen LogP contribution in [0.4, 0.5) is 5.69 Å². The number of nitrogens with one attached hydrogen (secondary N) is 1. The Hall–Kier alpha value is -1.67. The standard InChI is InChI=1S/C18H20ClNO/c1-12-15(19)8-5-9-16(12)20-11-14-7-4-6-13-10-18(2,3)21-17(13)14/h4-9,20H,10-11H2,1-3H3. The van der Waals surface area contributed by atoms with E-state index >= 15 is 0 Å². The summed E-state index contributed by atoms with van der Waals surface area (Å²) in [4.78, 5) is 0. The molecule has 0 amide bonds. The molecule has 0 aliphatic carbocycles. The van der Waals surface area contributed by atoms with Crippen LogP contribution >= 0.6 is 11.6 Å². The Morgan fingerprint density at radius 1 is 1.19 bits per heavy atom. The van der Waals surface area contributed by atoms with Crippen molar-refractivity contribution >= 4 is 17.3 Å². The van der Waals surface area contributed by atoms with Gasteiger partial charge in [0.25, 0.3) is 0 Å². The Morgan fingerprint density at radius 3 is 2.76 bits per heavy atom. The van der Waals surface area contributed by atoms with Crippen LogP contribution in [0.25, 0.3) is 0 Å². The lowest BCUT2D eigenvalue weighted by Crippen LogP contribution is -2.25. The number of hydrogen-bond acceptors (Lipinski definition) is 2. The number of halogens is 1. The molecule has 0 bridgehead atoms. The second kappa shape index (κ2) is 5.27. The zero-order valence-corrected chi connectivity index (χ0v) is 13.4. The quantitative estimate of drug-likeness (QED) is 0.864. The van der Waals surface area contributed by atoms with Crippen LogP contribution in [-0.2, 0) is 13.0 Å². The third-order valence-electron chi connectivity index (χ3n) is 3.91. The van der Waals surface area contributed by atoms with Gasteiger partial charge in [-0.2, -0.15) is 0 Å². The van der Waals surface area contributed by atoms with Crippen LogP contribution in [0.15, 0.2) is 36.4 Å². The van der Waals surface area contributed by atoms with Crippen LogP contribution in [0.2, 0.25) is 5.02 Å². The van der Waals surface area contributed by atoms with Crippen LogP contribution in [0.5, 0.6) is 5.75 Å². The molecule has 0 saturated heterocycles. The maximum absolute atomic E-state index is 6.16. The highest BCUT2D eigenvalue weighted by atomic mass is 35.5. The summed E-state index contributed by atoms with van der Waals surface area (Å²) in [5.74, 6) is 1.04. The molecular weight excluding hydrogens is 282 g/mol. The average molecular weight is 302 g/mol. The van der Waals surface area contributed by atoms with Gasteiger partial charge in [0.1, 0.15) is 11.4 Å². The summed E-state index contributed by atoms with van der Waals surface area (Å²) in [6, 6.07) is 12.3. The summed E-state index contributed by atoms with van der Waals surface area (Å²) in [7, 11) is 0. The molecule has 2 nitrogen and oxygen atoms in total. The summed E-state index contributed by atoms with van der Waals surface area (Å²) in [5, 5.41) is 4.25. The first-order valence-corrected chi connectivity index (χ1v) is 7.63. The number of anilines is 1. The summed E-state index contributed by atoms with van der Waals surface area (Å²) in [6.45, 7) is 7.02. The van der Waals surface area contributed by atoms with Crippen LogP contribution in [0.3, 0.4) is 0 Å². The molecule has 0 unspecified atom stereocenters. The van der Waals surface area contributed by atoms with Crippen molar-refractivity contribution in [2.24, 2.45) is 0 Å². The van der Waals surface area contributed by atoms with Gasteiger partial charge in [0.2, 0.25) is 0 Å². The molecular formula is C18H20ClNO. The zero-order chi connectivity index (χ0) is 15.0.